The average molecular weight is 401 g/mol. The van der Waals surface area contributed by atoms with Gasteiger partial charge in [-0.25, -0.2) is 8.42 Å². The van der Waals surface area contributed by atoms with Crippen molar-refractivity contribution in [3.63, 3.8) is 0 Å². The summed E-state index contributed by atoms with van der Waals surface area (Å²) >= 11 is 0. The van der Waals surface area contributed by atoms with Crippen LogP contribution in [0, 0.1) is 6.92 Å². The Kier molecular flexibility index (Phi) is 7.54. The standard InChI is InChI=1S/C22H28N2O3S/c1-5-24(6-2)28(26,27)21-14-11-20(12-15-21)18(4)23-22(25)16-13-19-10-8-7-9-17(19)3/h7-16,18H,5-6H2,1-4H3,(H,23,25)/b16-13+/t18-/m1/s1. The highest BCUT2D eigenvalue weighted by molar-refractivity contribution is 7.89. The monoisotopic (exact) mass is 400 g/mol. The predicted molar refractivity (Wildman–Crippen MR) is 113 cm³/mol. The summed E-state index contributed by atoms with van der Waals surface area (Å²) in [6, 6.07) is 14.3. The number of sulfonamides is 1. The molecule has 0 aromatic heterocycles. The lowest BCUT2D eigenvalue weighted by molar-refractivity contribution is -0.117. The van der Waals surface area contributed by atoms with Crippen molar-refractivity contribution in [2.24, 2.45) is 0 Å². The number of benzene rings is 2. The van der Waals surface area contributed by atoms with Crippen LogP contribution in [0.3, 0.4) is 0 Å². The Morgan fingerprint density at radius 2 is 1.68 bits per heavy atom. The van der Waals surface area contributed by atoms with E-state index in [1.54, 1.807) is 30.3 Å². The molecule has 0 aliphatic carbocycles. The summed E-state index contributed by atoms with van der Waals surface area (Å²) in [6.45, 7) is 8.36. The molecule has 1 amide bonds. The Morgan fingerprint density at radius 3 is 2.25 bits per heavy atom. The quantitative estimate of drug-likeness (QED) is 0.683. The Labute approximate surface area is 168 Å². The second kappa shape index (κ2) is 9.66. The van der Waals surface area contributed by atoms with Crippen LogP contribution in [-0.2, 0) is 14.8 Å². The highest BCUT2D eigenvalue weighted by Gasteiger charge is 2.21. The third-order valence-electron chi connectivity index (χ3n) is 4.68. The van der Waals surface area contributed by atoms with Gasteiger partial charge >= 0.3 is 0 Å². The van der Waals surface area contributed by atoms with E-state index in [1.165, 1.54) is 10.4 Å². The zero-order chi connectivity index (χ0) is 20.7. The van der Waals surface area contributed by atoms with Gasteiger partial charge in [0.25, 0.3) is 0 Å². The molecule has 6 heteroatoms. The molecule has 0 aliphatic rings. The Bertz CT molecular complexity index is 931. The van der Waals surface area contributed by atoms with Gasteiger partial charge in [-0.1, -0.05) is 50.2 Å². The molecule has 0 aliphatic heterocycles. The molecule has 28 heavy (non-hydrogen) atoms. The molecule has 150 valence electrons. The molecule has 0 radical (unpaired) electrons. The minimum Gasteiger partial charge on any atom is -0.346 e. The van der Waals surface area contributed by atoms with Crippen LogP contribution in [-0.4, -0.2) is 31.7 Å². The Morgan fingerprint density at radius 1 is 1.07 bits per heavy atom. The van der Waals surface area contributed by atoms with Gasteiger partial charge in [-0.05, 0) is 48.7 Å². The summed E-state index contributed by atoms with van der Waals surface area (Å²) in [4.78, 5) is 12.5. The van der Waals surface area contributed by atoms with Crippen molar-refractivity contribution in [1.29, 1.82) is 0 Å². The summed E-state index contributed by atoms with van der Waals surface area (Å²) in [5.74, 6) is -0.199. The van der Waals surface area contributed by atoms with E-state index in [0.29, 0.717) is 13.1 Å². The van der Waals surface area contributed by atoms with Crippen LogP contribution in [0.25, 0.3) is 6.08 Å². The van der Waals surface area contributed by atoms with E-state index < -0.39 is 10.0 Å². The van der Waals surface area contributed by atoms with Crippen LogP contribution in [0.15, 0.2) is 59.5 Å². The van der Waals surface area contributed by atoms with Crippen molar-refractivity contribution in [3.05, 3.63) is 71.3 Å². The van der Waals surface area contributed by atoms with Gasteiger partial charge in [0.15, 0.2) is 0 Å². The van der Waals surface area contributed by atoms with E-state index in [2.05, 4.69) is 5.32 Å². The van der Waals surface area contributed by atoms with Gasteiger partial charge in [0.1, 0.15) is 0 Å². The fourth-order valence-corrected chi connectivity index (χ4v) is 4.38. The summed E-state index contributed by atoms with van der Waals surface area (Å²) in [5.41, 5.74) is 2.94. The smallest absolute Gasteiger partial charge is 0.244 e. The number of hydrogen-bond donors (Lipinski definition) is 1. The van der Waals surface area contributed by atoms with Crippen LogP contribution in [0.2, 0.25) is 0 Å². The van der Waals surface area contributed by atoms with E-state index in [4.69, 9.17) is 0 Å². The molecule has 0 unspecified atom stereocenters. The number of nitrogens with one attached hydrogen (secondary N) is 1. The topological polar surface area (TPSA) is 66.5 Å². The molecule has 0 spiro atoms. The molecule has 2 rings (SSSR count). The number of carbonyl (C=O) groups excluding carboxylic acids is 1. The van der Waals surface area contributed by atoms with E-state index in [0.717, 1.165) is 16.7 Å². The molecule has 1 N–H and O–H groups in total. The highest BCUT2D eigenvalue weighted by atomic mass is 32.2. The first kappa shape index (κ1) is 21.9. The molecule has 2 aromatic rings. The lowest BCUT2D eigenvalue weighted by atomic mass is 10.1. The summed E-state index contributed by atoms with van der Waals surface area (Å²) < 4.78 is 26.5. The summed E-state index contributed by atoms with van der Waals surface area (Å²) in [6.07, 6.45) is 3.30. The number of amides is 1. The first-order valence-corrected chi connectivity index (χ1v) is 10.9. The number of carbonyl (C=O) groups is 1. The van der Waals surface area contributed by atoms with Crippen molar-refractivity contribution >= 4 is 22.0 Å². The van der Waals surface area contributed by atoms with E-state index >= 15 is 0 Å². The van der Waals surface area contributed by atoms with E-state index in [1.807, 2.05) is 52.0 Å². The molecule has 5 nitrogen and oxygen atoms in total. The van der Waals surface area contributed by atoms with Crippen molar-refractivity contribution in [2.75, 3.05) is 13.1 Å². The fraction of sp³-hybridized carbons (Fsp3) is 0.318. The molecule has 0 saturated heterocycles. The normalized spacial score (nSPS) is 13.0. The Hall–Kier alpha value is -2.44. The average Bonchev–Trinajstić information content (AvgIpc) is 2.68. The summed E-state index contributed by atoms with van der Waals surface area (Å²) in [5, 5.41) is 2.90. The highest BCUT2D eigenvalue weighted by Crippen LogP contribution is 2.19. The summed E-state index contributed by atoms with van der Waals surface area (Å²) in [7, 11) is -3.48. The number of hydrogen-bond acceptors (Lipinski definition) is 3. The molecule has 0 fully saturated rings. The molecular formula is C22H28N2O3S. The van der Waals surface area contributed by atoms with Crippen LogP contribution in [0.4, 0.5) is 0 Å². The maximum absolute atomic E-state index is 12.5. The first-order valence-electron chi connectivity index (χ1n) is 9.43. The van der Waals surface area contributed by atoms with Crippen molar-refractivity contribution < 1.29 is 13.2 Å². The first-order chi connectivity index (χ1) is 13.3. The van der Waals surface area contributed by atoms with Gasteiger partial charge in [-0.15, -0.1) is 0 Å². The SMILES string of the molecule is CCN(CC)S(=O)(=O)c1ccc([C@@H](C)NC(=O)/C=C/c2ccccc2C)cc1. The second-order valence-corrected chi connectivity index (χ2v) is 8.52. The van der Waals surface area contributed by atoms with Crippen molar-refractivity contribution in [1.82, 2.24) is 9.62 Å². The second-order valence-electron chi connectivity index (χ2n) is 6.58. The minimum atomic E-state index is -3.48. The zero-order valence-corrected chi connectivity index (χ0v) is 17.7. The van der Waals surface area contributed by atoms with E-state index in [-0.39, 0.29) is 16.8 Å². The molecule has 0 saturated carbocycles. The maximum atomic E-state index is 12.5. The minimum absolute atomic E-state index is 0.199. The largest absolute Gasteiger partial charge is 0.346 e. The van der Waals surface area contributed by atoms with E-state index in [9.17, 15) is 13.2 Å². The van der Waals surface area contributed by atoms with Gasteiger partial charge in [-0.2, -0.15) is 4.31 Å². The molecule has 0 heterocycles. The van der Waals surface area contributed by atoms with Crippen LogP contribution >= 0.6 is 0 Å². The lowest BCUT2D eigenvalue weighted by Gasteiger charge is -2.19. The molecule has 1 atom stereocenters. The van der Waals surface area contributed by atoms with Crippen molar-refractivity contribution in [3.8, 4) is 0 Å². The van der Waals surface area contributed by atoms with Gasteiger partial charge < -0.3 is 5.32 Å². The zero-order valence-electron chi connectivity index (χ0n) is 16.8. The Balaban J connectivity index is 2.06. The predicted octanol–water partition coefficient (Wildman–Crippen LogP) is 3.92. The number of nitrogens with zero attached hydrogens (tertiary/aromatic N) is 1. The molecule has 0 bridgehead atoms. The molecular weight excluding hydrogens is 372 g/mol. The number of aryl methyl sites for hydroxylation is 1. The number of rotatable bonds is 8. The van der Waals surface area contributed by atoms with Gasteiger partial charge in [-0.3, -0.25) is 4.79 Å². The fourth-order valence-electron chi connectivity index (χ4n) is 2.93. The van der Waals surface area contributed by atoms with Gasteiger partial charge in [0.05, 0.1) is 10.9 Å². The van der Waals surface area contributed by atoms with Crippen LogP contribution in [0.5, 0.6) is 0 Å². The van der Waals surface area contributed by atoms with Crippen molar-refractivity contribution in [2.45, 2.75) is 38.6 Å². The van der Waals surface area contributed by atoms with Crippen LogP contribution < -0.4 is 5.32 Å². The molecule has 2 aromatic carbocycles. The maximum Gasteiger partial charge on any atom is 0.244 e. The van der Waals surface area contributed by atoms with Crippen LogP contribution in [0.1, 0.15) is 43.5 Å². The van der Waals surface area contributed by atoms with Gasteiger partial charge in [0.2, 0.25) is 15.9 Å². The van der Waals surface area contributed by atoms with Gasteiger partial charge in [0, 0.05) is 19.2 Å². The third-order valence-corrected chi connectivity index (χ3v) is 6.75. The third kappa shape index (κ3) is 5.30. The lowest BCUT2D eigenvalue weighted by Crippen LogP contribution is -2.30.